The van der Waals surface area contributed by atoms with Crippen LogP contribution in [-0.2, 0) is 14.2 Å². The van der Waals surface area contributed by atoms with Crippen molar-refractivity contribution in [2.24, 2.45) is 5.18 Å². The molecule has 1 aliphatic rings. The molecule has 1 saturated heterocycles. The Balaban J connectivity index is 0.000000324. The molecule has 0 radical (unpaired) electrons. The number of unbranched alkanes of at least 4 members (excludes halogenated alkanes) is 3. The van der Waals surface area contributed by atoms with Crippen molar-refractivity contribution in [3.8, 4) is 0 Å². The van der Waals surface area contributed by atoms with Crippen molar-refractivity contribution >= 4 is 11.9 Å². The molecule has 2 N–H and O–H groups in total. The minimum absolute atomic E-state index is 0.111. The van der Waals surface area contributed by atoms with E-state index in [1.54, 1.807) is 0 Å². The molecule has 1 amide bonds. The predicted octanol–water partition coefficient (Wildman–Crippen LogP) is 2.02. The van der Waals surface area contributed by atoms with E-state index >= 15 is 0 Å². The summed E-state index contributed by atoms with van der Waals surface area (Å²) < 4.78 is 14.7. The molecule has 2 heterocycles. The molecule has 0 unspecified atom stereocenters. The normalized spacial score (nSPS) is 13.6. The molecule has 10 nitrogen and oxygen atoms in total. The summed E-state index contributed by atoms with van der Waals surface area (Å²) in [4.78, 5) is 37.5. The Bertz CT molecular complexity index is 559. The Labute approximate surface area is 145 Å². The van der Waals surface area contributed by atoms with Gasteiger partial charge in [-0.1, -0.05) is 31.4 Å². The van der Waals surface area contributed by atoms with Gasteiger partial charge in [0.05, 0.1) is 19.8 Å². The van der Waals surface area contributed by atoms with Gasteiger partial charge in [0, 0.05) is 6.20 Å². The van der Waals surface area contributed by atoms with Crippen LogP contribution in [0.5, 0.6) is 0 Å². The van der Waals surface area contributed by atoms with Gasteiger partial charge in [-0.15, -0.1) is 0 Å². The molecular weight excluding hydrogens is 332 g/mol. The number of hydrogen-bond acceptors (Lipinski definition) is 8. The van der Waals surface area contributed by atoms with E-state index < -0.39 is 11.8 Å². The van der Waals surface area contributed by atoms with Gasteiger partial charge in [0.1, 0.15) is 12.4 Å². The average molecular weight is 356 g/mol. The molecule has 0 spiro atoms. The number of H-pyrrole nitrogens is 1. The number of nitroso groups, excluding NO2 is 1. The molecule has 0 aromatic carbocycles. The van der Waals surface area contributed by atoms with Crippen molar-refractivity contribution in [3.63, 3.8) is 0 Å². The van der Waals surface area contributed by atoms with Gasteiger partial charge in [-0.05, 0) is 12.5 Å². The first-order chi connectivity index (χ1) is 12.2. The highest BCUT2D eigenvalue weighted by molar-refractivity contribution is 5.83. The molecule has 10 heteroatoms. The van der Waals surface area contributed by atoms with E-state index in [4.69, 9.17) is 14.2 Å². The second-order valence-electron chi connectivity index (χ2n) is 5.09. The first kappa shape index (κ1) is 20.7. The van der Waals surface area contributed by atoms with Crippen molar-refractivity contribution < 1.29 is 19.0 Å². The lowest BCUT2D eigenvalue weighted by Gasteiger charge is -2.05. The van der Waals surface area contributed by atoms with Crippen LogP contribution in [0.1, 0.15) is 32.6 Å². The van der Waals surface area contributed by atoms with E-state index in [1.807, 2.05) is 0 Å². The highest BCUT2D eigenvalue weighted by atomic mass is 16.7. The molecule has 0 aliphatic carbocycles. The third-order valence-electron chi connectivity index (χ3n) is 3.06. The van der Waals surface area contributed by atoms with Crippen molar-refractivity contribution in [1.29, 1.82) is 0 Å². The van der Waals surface area contributed by atoms with Gasteiger partial charge in [0.15, 0.2) is 6.29 Å². The molecule has 1 aromatic rings. The van der Waals surface area contributed by atoms with Crippen molar-refractivity contribution in [3.05, 3.63) is 27.7 Å². The van der Waals surface area contributed by atoms with Crippen molar-refractivity contribution in [2.75, 3.05) is 31.7 Å². The zero-order valence-electron chi connectivity index (χ0n) is 14.2. The van der Waals surface area contributed by atoms with Crippen LogP contribution in [-0.4, -0.2) is 48.7 Å². The van der Waals surface area contributed by atoms with Crippen molar-refractivity contribution in [1.82, 2.24) is 9.97 Å². The minimum atomic E-state index is -0.566. The zero-order valence-corrected chi connectivity index (χ0v) is 14.2. The summed E-state index contributed by atoms with van der Waals surface area (Å²) in [7, 11) is 0. The summed E-state index contributed by atoms with van der Waals surface area (Å²) in [6.07, 6.45) is 4.57. The van der Waals surface area contributed by atoms with Crippen LogP contribution in [0, 0.1) is 4.91 Å². The van der Waals surface area contributed by atoms with Gasteiger partial charge in [-0.2, -0.15) is 4.91 Å². The minimum Gasteiger partial charge on any atom is -0.449 e. The Morgan fingerprint density at radius 2 is 2.16 bits per heavy atom. The Morgan fingerprint density at radius 1 is 1.40 bits per heavy atom. The van der Waals surface area contributed by atoms with Gasteiger partial charge in [-0.25, -0.2) is 14.6 Å². The molecule has 140 valence electrons. The van der Waals surface area contributed by atoms with E-state index in [2.05, 4.69) is 27.4 Å². The topological polar surface area (TPSA) is 132 Å². The largest absolute Gasteiger partial charge is 0.449 e. The Morgan fingerprint density at radius 3 is 2.80 bits per heavy atom. The number of anilines is 1. The lowest BCUT2D eigenvalue weighted by Crippen LogP contribution is -2.18. The van der Waals surface area contributed by atoms with E-state index in [9.17, 15) is 14.5 Å². The van der Waals surface area contributed by atoms with E-state index in [-0.39, 0.29) is 18.7 Å². The van der Waals surface area contributed by atoms with Crippen LogP contribution < -0.4 is 11.0 Å². The number of aromatic amines is 1. The average Bonchev–Trinajstić information content (AvgIpc) is 3.09. The first-order valence-electron chi connectivity index (χ1n) is 8.17. The smallest absolute Gasteiger partial charge is 0.412 e. The van der Waals surface area contributed by atoms with Gasteiger partial charge in [0.2, 0.25) is 0 Å². The van der Waals surface area contributed by atoms with Crippen LogP contribution in [0.3, 0.4) is 0 Å². The van der Waals surface area contributed by atoms with Crippen LogP contribution in [0.15, 0.2) is 22.2 Å². The fourth-order valence-electron chi connectivity index (χ4n) is 1.85. The summed E-state index contributed by atoms with van der Waals surface area (Å²) in [6, 6.07) is 1.49. The summed E-state index contributed by atoms with van der Waals surface area (Å²) in [5, 5.41) is 5.03. The summed E-state index contributed by atoms with van der Waals surface area (Å²) in [5.74, 6) is 0.281. The molecule has 25 heavy (non-hydrogen) atoms. The summed E-state index contributed by atoms with van der Waals surface area (Å²) >= 11 is 0. The van der Waals surface area contributed by atoms with E-state index in [0.717, 1.165) is 25.7 Å². The van der Waals surface area contributed by atoms with Crippen LogP contribution in [0.25, 0.3) is 0 Å². The molecular formula is C15H24N4O6. The zero-order chi connectivity index (χ0) is 18.3. The number of aromatic nitrogens is 2. The molecule has 1 aromatic heterocycles. The quantitative estimate of drug-likeness (QED) is 0.538. The fraction of sp³-hybridized carbons (Fsp3) is 0.667. The standard InChI is InChI=1S/C11H17N3O3.C4H7NO3/c1-2-3-4-5-8-17-11(16)14-9-6-7-12-10(15)13-9;6-5-3-4-7-1-2-8-4/h6-7H,2-5,8H2,1H3,(H2,12,13,14,15,16);4H,1-3H2. The first-order valence-corrected chi connectivity index (χ1v) is 8.17. The highest BCUT2D eigenvalue weighted by Gasteiger charge is 2.14. The Kier molecular flexibility index (Phi) is 10.8. The predicted molar refractivity (Wildman–Crippen MR) is 90.3 cm³/mol. The van der Waals surface area contributed by atoms with E-state index in [0.29, 0.717) is 19.8 Å². The van der Waals surface area contributed by atoms with Crippen molar-refractivity contribution in [2.45, 2.75) is 38.9 Å². The second-order valence-corrected chi connectivity index (χ2v) is 5.09. The van der Waals surface area contributed by atoms with Crippen LogP contribution in [0.2, 0.25) is 0 Å². The summed E-state index contributed by atoms with van der Waals surface area (Å²) in [5.41, 5.74) is -0.509. The maximum Gasteiger partial charge on any atom is 0.412 e. The SMILES string of the molecule is CCCCCCOC(=O)Nc1ccnc(=O)[nH]1.O=NCC1OCCO1. The number of nitrogens with one attached hydrogen (secondary N) is 2. The van der Waals surface area contributed by atoms with Gasteiger partial charge in [-0.3, -0.25) is 10.3 Å². The number of carbonyl (C=O) groups is 1. The molecule has 1 fully saturated rings. The number of ether oxygens (including phenoxy) is 3. The Hall–Kier alpha value is -2.33. The van der Waals surface area contributed by atoms with Gasteiger partial charge < -0.3 is 14.2 Å². The number of rotatable bonds is 8. The second kappa shape index (κ2) is 13.0. The van der Waals surface area contributed by atoms with E-state index in [1.165, 1.54) is 12.3 Å². The number of hydrogen-bond donors (Lipinski definition) is 2. The van der Waals surface area contributed by atoms with Crippen LogP contribution >= 0.6 is 0 Å². The molecule has 0 atom stereocenters. The molecule has 1 aliphatic heterocycles. The fourth-order valence-corrected chi connectivity index (χ4v) is 1.85. The third-order valence-corrected chi connectivity index (χ3v) is 3.06. The maximum absolute atomic E-state index is 11.3. The molecule has 0 saturated carbocycles. The molecule has 2 rings (SSSR count). The third kappa shape index (κ3) is 10.2. The maximum atomic E-state index is 11.3. The lowest BCUT2D eigenvalue weighted by molar-refractivity contribution is -0.0328. The van der Waals surface area contributed by atoms with Gasteiger partial charge in [0.25, 0.3) is 0 Å². The van der Waals surface area contributed by atoms with Gasteiger partial charge >= 0.3 is 11.8 Å². The lowest BCUT2D eigenvalue weighted by atomic mass is 10.2. The number of nitrogens with zero attached hydrogens (tertiary/aromatic N) is 2. The number of amides is 1. The molecule has 0 bridgehead atoms. The highest BCUT2D eigenvalue weighted by Crippen LogP contribution is 2.02. The number of carbonyl (C=O) groups excluding carboxylic acids is 1. The monoisotopic (exact) mass is 356 g/mol. The summed E-state index contributed by atoms with van der Waals surface area (Å²) in [6.45, 7) is 3.79. The van der Waals surface area contributed by atoms with Crippen LogP contribution in [0.4, 0.5) is 10.6 Å².